The summed E-state index contributed by atoms with van der Waals surface area (Å²) in [5.41, 5.74) is 0. The highest BCUT2D eigenvalue weighted by Crippen LogP contribution is 2.02. The van der Waals surface area contributed by atoms with Crippen LogP contribution >= 0.6 is 0 Å². The van der Waals surface area contributed by atoms with Gasteiger partial charge in [-0.05, 0) is 20.0 Å². The minimum atomic E-state index is -1.12. The summed E-state index contributed by atoms with van der Waals surface area (Å²) in [6.07, 6.45) is 0.899. The molecule has 0 aromatic rings. The monoisotopic (exact) mass is 259 g/mol. The number of hydrogen-bond acceptors (Lipinski definition) is 4. The third kappa shape index (κ3) is 4.50. The van der Waals surface area contributed by atoms with Crippen molar-refractivity contribution in [3.05, 3.63) is 0 Å². The summed E-state index contributed by atoms with van der Waals surface area (Å²) in [7, 11) is 1.99. The molecular weight excluding hydrogens is 238 g/mol. The first-order chi connectivity index (χ1) is 8.54. The lowest BCUT2D eigenvalue weighted by Gasteiger charge is -2.23. The fourth-order valence-electron chi connectivity index (χ4n) is 1.88. The highest BCUT2D eigenvalue weighted by Gasteiger charge is 2.23. The molecule has 1 aliphatic rings. The molecule has 18 heavy (non-hydrogen) atoms. The first-order valence-electron chi connectivity index (χ1n) is 6.12. The van der Waals surface area contributed by atoms with Gasteiger partial charge in [-0.15, -0.1) is 0 Å². The van der Waals surface area contributed by atoms with E-state index in [9.17, 15) is 9.59 Å². The quantitative estimate of drug-likeness (QED) is 0.612. The predicted octanol–water partition coefficient (Wildman–Crippen LogP) is -0.831. The van der Waals surface area contributed by atoms with E-state index >= 15 is 0 Å². The van der Waals surface area contributed by atoms with Crippen molar-refractivity contribution in [1.29, 1.82) is 0 Å². The summed E-state index contributed by atoms with van der Waals surface area (Å²) in [5, 5.41) is 20.1. The van der Waals surface area contributed by atoms with Crippen LogP contribution in [0.15, 0.2) is 0 Å². The molecule has 0 radical (unpaired) electrons. The minimum absolute atomic E-state index is 0.0226. The summed E-state index contributed by atoms with van der Waals surface area (Å²) in [4.78, 5) is 26.5. The van der Waals surface area contributed by atoms with E-state index in [1.54, 1.807) is 4.90 Å². The van der Waals surface area contributed by atoms with Crippen molar-refractivity contribution in [2.45, 2.75) is 18.9 Å². The number of aliphatic carboxylic acids is 1. The number of hydrogen-bond donors (Lipinski definition) is 3. The molecule has 7 nitrogen and oxygen atoms in total. The lowest BCUT2D eigenvalue weighted by atomic mass is 10.2. The van der Waals surface area contributed by atoms with Gasteiger partial charge in [0.25, 0.3) is 0 Å². The van der Waals surface area contributed by atoms with E-state index in [4.69, 9.17) is 10.2 Å². The Morgan fingerprint density at radius 1 is 1.28 bits per heavy atom. The number of amides is 2. The second-order valence-corrected chi connectivity index (χ2v) is 4.50. The number of likely N-dealkylation sites (N-methyl/N-ethyl adjacent to an activating group) is 1. The van der Waals surface area contributed by atoms with Gasteiger partial charge in [-0.1, -0.05) is 0 Å². The molecule has 1 heterocycles. The summed E-state index contributed by atoms with van der Waals surface area (Å²) in [6.45, 7) is 2.67. The maximum absolute atomic E-state index is 11.9. The van der Waals surface area contributed by atoms with Gasteiger partial charge in [0.15, 0.2) is 0 Å². The Labute approximate surface area is 106 Å². The maximum Gasteiger partial charge on any atom is 0.326 e. The van der Waals surface area contributed by atoms with Gasteiger partial charge in [-0.25, -0.2) is 9.59 Å². The van der Waals surface area contributed by atoms with Gasteiger partial charge >= 0.3 is 12.0 Å². The molecule has 104 valence electrons. The molecular formula is C11H21N3O4. The van der Waals surface area contributed by atoms with Crippen LogP contribution in [0.1, 0.15) is 12.8 Å². The van der Waals surface area contributed by atoms with E-state index in [2.05, 4.69) is 10.2 Å². The molecule has 1 fully saturated rings. The molecule has 0 saturated carbocycles. The third-order valence-corrected chi connectivity index (χ3v) is 3.02. The van der Waals surface area contributed by atoms with Crippen LogP contribution in [0.2, 0.25) is 0 Å². The van der Waals surface area contributed by atoms with Gasteiger partial charge in [-0.3, -0.25) is 0 Å². The van der Waals surface area contributed by atoms with E-state index in [0.717, 1.165) is 19.5 Å². The average Bonchev–Trinajstić information content (AvgIpc) is 2.53. The lowest BCUT2D eigenvalue weighted by molar-refractivity contribution is -0.139. The van der Waals surface area contributed by atoms with Crippen molar-refractivity contribution in [1.82, 2.24) is 15.1 Å². The molecule has 7 heteroatoms. The number of carbonyl (C=O) groups is 2. The minimum Gasteiger partial charge on any atom is -0.480 e. The molecule has 1 saturated heterocycles. The van der Waals surface area contributed by atoms with Gasteiger partial charge in [0.1, 0.15) is 6.04 Å². The SMILES string of the molecule is CN1CCCN(C(=O)N[C@@H](CCO)C(=O)O)CC1. The number of carbonyl (C=O) groups excluding carboxylic acids is 1. The Hall–Kier alpha value is -1.34. The zero-order chi connectivity index (χ0) is 13.5. The van der Waals surface area contributed by atoms with Gasteiger partial charge < -0.3 is 25.3 Å². The van der Waals surface area contributed by atoms with E-state index in [1.165, 1.54) is 0 Å². The van der Waals surface area contributed by atoms with Crippen LogP contribution in [-0.4, -0.2) is 77.9 Å². The molecule has 0 unspecified atom stereocenters. The zero-order valence-electron chi connectivity index (χ0n) is 10.6. The van der Waals surface area contributed by atoms with Crippen molar-refractivity contribution in [3.8, 4) is 0 Å². The van der Waals surface area contributed by atoms with Crippen molar-refractivity contribution in [2.24, 2.45) is 0 Å². The molecule has 0 aliphatic carbocycles. The smallest absolute Gasteiger partial charge is 0.326 e. The van der Waals surface area contributed by atoms with Crippen LogP contribution < -0.4 is 5.32 Å². The third-order valence-electron chi connectivity index (χ3n) is 3.02. The number of carboxylic acids is 1. The number of nitrogens with one attached hydrogen (secondary N) is 1. The summed E-state index contributed by atoms with van der Waals surface area (Å²) < 4.78 is 0. The fraction of sp³-hybridized carbons (Fsp3) is 0.818. The fourth-order valence-corrected chi connectivity index (χ4v) is 1.88. The highest BCUT2D eigenvalue weighted by atomic mass is 16.4. The normalized spacial score (nSPS) is 19.1. The van der Waals surface area contributed by atoms with Crippen LogP contribution in [0, 0.1) is 0 Å². The molecule has 0 aromatic carbocycles. The molecule has 1 rings (SSSR count). The van der Waals surface area contributed by atoms with Gasteiger partial charge in [0.05, 0.1) is 0 Å². The summed E-state index contributed by atoms with van der Waals surface area (Å²) >= 11 is 0. The molecule has 0 bridgehead atoms. The van der Waals surface area contributed by atoms with Crippen molar-refractivity contribution in [3.63, 3.8) is 0 Å². The largest absolute Gasteiger partial charge is 0.480 e. The second kappa shape index (κ2) is 7.17. The van der Waals surface area contributed by atoms with Gasteiger partial charge in [-0.2, -0.15) is 0 Å². The number of rotatable bonds is 4. The molecule has 3 N–H and O–H groups in total. The van der Waals surface area contributed by atoms with Crippen LogP contribution in [-0.2, 0) is 4.79 Å². The Bertz CT molecular complexity index is 298. The lowest BCUT2D eigenvalue weighted by Crippen LogP contribution is -2.49. The number of urea groups is 1. The zero-order valence-corrected chi connectivity index (χ0v) is 10.6. The molecule has 0 aromatic heterocycles. The maximum atomic E-state index is 11.9. The molecule has 1 atom stereocenters. The highest BCUT2D eigenvalue weighted by molar-refractivity contribution is 5.82. The summed E-state index contributed by atoms with van der Waals surface area (Å²) in [5.74, 6) is -1.12. The van der Waals surface area contributed by atoms with Crippen molar-refractivity contribution < 1.29 is 19.8 Å². The van der Waals surface area contributed by atoms with E-state index < -0.39 is 12.0 Å². The predicted molar refractivity (Wildman–Crippen MR) is 65.3 cm³/mol. The Kier molecular flexibility index (Phi) is 5.87. The standard InChI is InChI=1S/C11H21N3O4/c1-13-4-2-5-14(7-6-13)11(18)12-9(3-8-15)10(16)17/h9,15H,2-8H2,1H3,(H,12,18)(H,16,17)/t9-/m0/s1. The van der Waals surface area contributed by atoms with Crippen LogP contribution in [0.4, 0.5) is 4.79 Å². The Morgan fingerprint density at radius 3 is 2.61 bits per heavy atom. The topological polar surface area (TPSA) is 93.1 Å². The average molecular weight is 259 g/mol. The number of carboxylic acid groups (broad SMARTS) is 1. The van der Waals surface area contributed by atoms with Gasteiger partial charge in [0, 0.05) is 32.7 Å². The first-order valence-corrected chi connectivity index (χ1v) is 6.12. The molecule has 0 spiro atoms. The van der Waals surface area contributed by atoms with Crippen LogP contribution in [0.25, 0.3) is 0 Å². The first kappa shape index (κ1) is 14.7. The number of nitrogens with zero attached hydrogens (tertiary/aromatic N) is 2. The van der Waals surface area contributed by atoms with E-state index in [1.807, 2.05) is 7.05 Å². The molecule has 1 aliphatic heterocycles. The summed E-state index contributed by atoms with van der Waals surface area (Å²) in [6, 6.07) is -1.39. The van der Waals surface area contributed by atoms with Crippen LogP contribution in [0.5, 0.6) is 0 Å². The number of aliphatic hydroxyl groups is 1. The number of aliphatic hydroxyl groups excluding tert-OH is 1. The Balaban J connectivity index is 2.49. The molecule has 2 amide bonds. The van der Waals surface area contributed by atoms with Crippen molar-refractivity contribution in [2.75, 3.05) is 39.8 Å². The van der Waals surface area contributed by atoms with Crippen molar-refractivity contribution >= 4 is 12.0 Å². The van der Waals surface area contributed by atoms with Gasteiger partial charge in [0.2, 0.25) is 0 Å². The van der Waals surface area contributed by atoms with E-state index in [-0.39, 0.29) is 19.1 Å². The van der Waals surface area contributed by atoms with Crippen LogP contribution in [0.3, 0.4) is 0 Å². The second-order valence-electron chi connectivity index (χ2n) is 4.50. The Morgan fingerprint density at radius 2 is 2.00 bits per heavy atom. The van der Waals surface area contributed by atoms with E-state index in [0.29, 0.717) is 13.1 Å².